The number of methoxy groups -OCH3 is 1. The number of aliphatic carboxylic acids is 1. The first-order chi connectivity index (χ1) is 12.6. The highest BCUT2D eigenvalue weighted by Gasteiger charge is 2.35. The average molecular weight is 370 g/mol. The number of amides is 1. The van der Waals surface area contributed by atoms with E-state index in [1.54, 1.807) is 12.0 Å². The Morgan fingerprint density at radius 1 is 1.23 bits per heavy atom. The van der Waals surface area contributed by atoms with Crippen LogP contribution >= 0.6 is 11.8 Å². The molecule has 3 rings (SSSR count). The number of carboxylic acids is 1. The molecule has 1 heterocycles. The molecule has 0 aromatic heterocycles. The van der Waals surface area contributed by atoms with Gasteiger partial charge in [-0.15, -0.1) is 0 Å². The topological polar surface area (TPSA) is 79.2 Å². The van der Waals surface area contributed by atoms with Crippen molar-refractivity contribution in [3.05, 3.63) is 60.2 Å². The van der Waals surface area contributed by atoms with Gasteiger partial charge in [-0.3, -0.25) is 14.5 Å². The van der Waals surface area contributed by atoms with Crippen molar-refractivity contribution < 1.29 is 19.4 Å². The van der Waals surface area contributed by atoms with E-state index in [9.17, 15) is 14.7 Å². The van der Waals surface area contributed by atoms with Crippen LogP contribution in [0.25, 0.3) is 0 Å². The molecule has 1 unspecified atom stereocenters. The number of aliphatic imine (C=N–C) groups is 1. The standard InChI is InChI=1S/C19H18N2O4S/c1-25-15-9-7-13(8-10-15)12-21-17(22)11-16(18(23)24)26-19(21)20-14-5-3-2-4-6-14/h2-10,16H,11-12H2,1H3,(H,23,24). The lowest BCUT2D eigenvalue weighted by Crippen LogP contribution is -2.43. The number of thioether (sulfide) groups is 1. The third-order valence-corrected chi connectivity index (χ3v) is 5.07. The number of carbonyl (C=O) groups excluding carboxylic acids is 1. The molecule has 1 atom stereocenters. The van der Waals surface area contributed by atoms with Gasteiger partial charge in [0.1, 0.15) is 11.0 Å². The number of carboxylic acid groups (broad SMARTS) is 1. The molecule has 134 valence electrons. The fourth-order valence-electron chi connectivity index (χ4n) is 2.51. The number of carbonyl (C=O) groups is 2. The van der Waals surface area contributed by atoms with Crippen molar-refractivity contribution in [1.82, 2.24) is 4.90 Å². The molecule has 6 nitrogen and oxygen atoms in total. The number of hydrogen-bond acceptors (Lipinski definition) is 5. The fraction of sp³-hybridized carbons (Fsp3) is 0.211. The van der Waals surface area contributed by atoms with Gasteiger partial charge in [0, 0.05) is 0 Å². The monoisotopic (exact) mass is 370 g/mol. The Labute approximate surface area is 155 Å². The number of hydrogen-bond donors (Lipinski definition) is 1. The maximum Gasteiger partial charge on any atom is 0.317 e. The fourth-order valence-corrected chi connectivity index (χ4v) is 3.55. The Hall–Kier alpha value is -2.80. The van der Waals surface area contributed by atoms with Gasteiger partial charge in [-0.2, -0.15) is 0 Å². The van der Waals surface area contributed by atoms with Gasteiger partial charge in [-0.1, -0.05) is 42.1 Å². The summed E-state index contributed by atoms with van der Waals surface area (Å²) in [6.45, 7) is 0.327. The summed E-state index contributed by atoms with van der Waals surface area (Å²) in [6, 6.07) is 16.6. The zero-order valence-corrected chi connectivity index (χ0v) is 15.0. The van der Waals surface area contributed by atoms with E-state index >= 15 is 0 Å². The normalized spacial score (nSPS) is 18.8. The molecular formula is C19H18N2O4S. The van der Waals surface area contributed by atoms with Gasteiger partial charge in [0.15, 0.2) is 5.17 Å². The van der Waals surface area contributed by atoms with E-state index in [4.69, 9.17) is 4.74 Å². The van der Waals surface area contributed by atoms with Crippen LogP contribution in [0.5, 0.6) is 5.75 Å². The molecule has 1 aliphatic heterocycles. The number of amidine groups is 1. The number of rotatable bonds is 5. The van der Waals surface area contributed by atoms with Gasteiger partial charge in [-0.05, 0) is 29.8 Å². The van der Waals surface area contributed by atoms with Crippen molar-refractivity contribution in [2.75, 3.05) is 7.11 Å². The Bertz CT molecular complexity index is 821. The number of ether oxygens (including phenoxy) is 1. The third kappa shape index (κ3) is 4.23. The molecule has 2 aromatic carbocycles. The summed E-state index contributed by atoms with van der Waals surface area (Å²) in [7, 11) is 1.59. The van der Waals surface area contributed by atoms with Crippen LogP contribution in [0.1, 0.15) is 12.0 Å². The van der Waals surface area contributed by atoms with E-state index in [1.807, 2.05) is 54.6 Å². The lowest BCUT2D eigenvalue weighted by Gasteiger charge is -2.30. The predicted molar refractivity (Wildman–Crippen MR) is 101 cm³/mol. The van der Waals surface area contributed by atoms with E-state index in [-0.39, 0.29) is 12.3 Å². The molecule has 7 heteroatoms. The first-order valence-corrected chi connectivity index (χ1v) is 8.91. The van der Waals surface area contributed by atoms with Crippen LogP contribution in [0.2, 0.25) is 0 Å². The van der Waals surface area contributed by atoms with Gasteiger partial charge >= 0.3 is 5.97 Å². The molecule has 1 N–H and O–H groups in total. The Morgan fingerprint density at radius 3 is 2.54 bits per heavy atom. The van der Waals surface area contributed by atoms with Crippen LogP contribution in [-0.4, -0.2) is 39.4 Å². The average Bonchev–Trinajstić information content (AvgIpc) is 2.65. The largest absolute Gasteiger partial charge is 0.497 e. The maximum atomic E-state index is 12.6. The quantitative estimate of drug-likeness (QED) is 0.874. The highest BCUT2D eigenvalue weighted by atomic mass is 32.2. The van der Waals surface area contributed by atoms with Gasteiger partial charge in [0.25, 0.3) is 0 Å². The highest BCUT2D eigenvalue weighted by molar-refractivity contribution is 8.15. The minimum atomic E-state index is -1.01. The van der Waals surface area contributed by atoms with Crippen LogP contribution < -0.4 is 4.74 Å². The molecule has 2 aromatic rings. The molecular weight excluding hydrogens is 352 g/mol. The van der Waals surface area contributed by atoms with Gasteiger partial charge in [0.2, 0.25) is 5.91 Å². The summed E-state index contributed by atoms with van der Waals surface area (Å²) in [5, 5.41) is 8.89. The summed E-state index contributed by atoms with van der Waals surface area (Å²) >= 11 is 1.10. The van der Waals surface area contributed by atoms with Crippen molar-refractivity contribution in [2.45, 2.75) is 18.2 Å². The van der Waals surface area contributed by atoms with Crippen LogP contribution in [-0.2, 0) is 16.1 Å². The lowest BCUT2D eigenvalue weighted by molar-refractivity contribution is -0.139. The maximum absolute atomic E-state index is 12.6. The van der Waals surface area contributed by atoms with Crippen LogP contribution in [0.15, 0.2) is 59.6 Å². The van der Waals surface area contributed by atoms with Crippen molar-refractivity contribution in [3.63, 3.8) is 0 Å². The summed E-state index contributed by atoms with van der Waals surface area (Å²) in [5.41, 5.74) is 1.59. The Morgan fingerprint density at radius 2 is 1.92 bits per heavy atom. The first kappa shape index (κ1) is 18.0. The molecule has 0 spiro atoms. The van der Waals surface area contributed by atoms with Crippen LogP contribution in [0.3, 0.4) is 0 Å². The number of benzene rings is 2. The number of para-hydroxylation sites is 1. The first-order valence-electron chi connectivity index (χ1n) is 8.03. The second kappa shape index (κ2) is 8.05. The lowest BCUT2D eigenvalue weighted by atomic mass is 10.2. The molecule has 26 heavy (non-hydrogen) atoms. The molecule has 0 radical (unpaired) electrons. The van der Waals surface area contributed by atoms with E-state index in [0.717, 1.165) is 23.1 Å². The highest BCUT2D eigenvalue weighted by Crippen LogP contribution is 2.30. The SMILES string of the molecule is COc1ccc(CN2C(=O)CC(C(=O)O)SC2=Nc2ccccc2)cc1. The second-order valence-electron chi connectivity index (χ2n) is 5.71. The predicted octanol–water partition coefficient (Wildman–Crippen LogP) is 3.30. The summed E-state index contributed by atoms with van der Waals surface area (Å²) in [6.07, 6.45) is -0.0516. The summed E-state index contributed by atoms with van der Waals surface area (Å²) in [5.74, 6) is -0.521. The van der Waals surface area contributed by atoms with E-state index < -0.39 is 11.2 Å². The molecule has 0 bridgehead atoms. The minimum absolute atomic E-state index is 0.0516. The van der Waals surface area contributed by atoms with Gasteiger partial charge < -0.3 is 9.84 Å². The smallest absolute Gasteiger partial charge is 0.317 e. The Balaban J connectivity index is 1.89. The number of nitrogens with zero attached hydrogens (tertiary/aromatic N) is 2. The minimum Gasteiger partial charge on any atom is -0.497 e. The van der Waals surface area contributed by atoms with Crippen molar-refractivity contribution in [3.8, 4) is 5.75 Å². The van der Waals surface area contributed by atoms with Crippen molar-refractivity contribution in [2.24, 2.45) is 4.99 Å². The van der Waals surface area contributed by atoms with Crippen molar-refractivity contribution >= 4 is 34.5 Å². The molecule has 1 aliphatic rings. The Kier molecular flexibility index (Phi) is 5.58. The molecule has 1 amide bonds. The zero-order chi connectivity index (χ0) is 18.5. The second-order valence-corrected chi connectivity index (χ2v) is 6.88. The van der Waals surface area contributed by atoms with Gasteiger partial charge in [0.05, 0.1) is 25.8 Å². The molecule has 0 saturated carbocycles. The van der Waals surface area contributed by atoms with Gasteiger partial charge in [-0.25, -0.2) is 4.99 Å². The molecule has 1 saturated heterocycles. The third-order valence-electron chi connectivity index (χ3n) is 3.90. The van der Waals surface area contributed by atoms with E-state index in [1.165, 1.54) is 0 Å². The summed E-state index contributed by atoms with van der Waals surface area (Å²) < 4.78 is 5.15. The summed E-state index contributed by atoms with van der Waals surface area (Å²) in [4.78, 5) is 30.0. The van der Waals surface area contributed by atoms with Crippen LogP contribution in [0.4, 0.5) is 5.69 Å². The molecule has 0 aliphatic carbocycles. The van der Waals surface area contributed by atoms with E-state index in [2.05, 4.69) is 4.99 Å². The zero-order valence-electron chi connectivity index (χ0n) is 14.2. The molecule has 1 fully saturated rings. The van der Waals surface area contributed by atoms with E-state index in [0.29, 0.717) is 17.4 Å². The van der Waals surface area contributed by atoms with Crippen molar-refractivity contribution in [1.29, 1.82) is 0 Å². The van der Waals surface area contributed by atoms with Crippen LogP contribution in [0, 0.1) is 0 Å².